The molecular weight excluding hydrogens is 402 g/mol. The van der Waals surface area contributed by atoms with Crippen LogP contribution in [0.5, 0.6) is 0 Å². The van der Waals surface area contributed by atoms with Gasteiger partial charge in [0.1, 0.15) is 5.82 Å². The fourth-order valence-corrected chi connectivity index (χ4v) is 5.18. The molecule has 3 N–H and O–H groups in total. The number of benzene rings is 1. The number of hydrogen-bond donors (Lipinski definition) is 3. The van der Waals surface area contributed by atoms with Crippen molar-refractivity contribution >= 4 is 34.2 Å². The lowest BCUT2D eigenvalue weighted by Gasteiger charge is -2.35. The SMILES string of the molecule is CC1C(O)CCN1c1ccc2c(C(=O)NC[C@@]3(O)CCC[C@@H](C)C3)c(Cl)ccc2n1. The van der Waals surface area contributed by atoms with E-state index in [1.165, 1.54) is 0 Å². The number of aliphatic hydroxyl groups is 2. The zero-order chi connectivity index (χ0) is 21.5. The topological polar surface area (TPSA) is 85.7 Å². The van der Waals surface area contributed by atoms with E-state index in [2.05, 4.69) is 17.1 Å². The molecule has 2 aliphatic rings. The number of aliphatic hydroxyl groups excluding tert-OH is 1. The Morgan fingerprint density at radius 1 is 1.30 bits per heavy atom. The average molecular weight is 432 g/mol. The third-order valence-electron chi connectivity index (χ3n) is 6.69. The second kappa shape index (κ2) is 8.33. The second-order valence-electron chi connectivity index (χ2n) is 9.06. The minimum Gasteiger partial charge on any atom is -0.391 e. The number of halogens is 1. The van der Waals surface area contributed by atoms with Crippen LogP contribution in [0.15, 0.2) is 24.3 Å². The standard InChI is InChI=1S/C23H30ClN3O3/c1-14-4-3-10-23(30,12-14)13-25-22(29)21-16-5-8-20(26-18(16)7-6-17(21)24)27-11-9-19(28)15(27)2/h5-8,14-15,19,28,30H,3-4,9-13H2,1-2H3,(H,25,29)/t14-,15?,19?,23-/m1/s1. The smallest absolute Gasteiger partial charge is 0.253 e. The fraction of sp³-hybridized carbons (Fsp3) is 0.565. The van der Waals surface area contributed by atoms with Gasteiger partial charge in [-0.25, -0.2) is 4.98 Å². The number of anilines is 1. The van der Waals surface area contributed by atoms with Crippen LogP contribution in [0.2, 0.25) is 5.02 Å². The summed E-state index contributed by atoms with van der Waals surface area (Å²) in [6.07, 6.45) is 3.84. The van der Waals surface area contributed by atoms with E-state index in [0.29, 0.717) is 40.2 Å². The Hall–Kier alpha value is -1.89. The van der Waals surface area contributed by atoms with Crippen LogP contribution in [0.1, 0.15) is 56.3 Å². The lowest BCUT2D eigenvalue weighted by molar-refractivity contribution is -0.0109. The molecule has 4 atom stereocenters. The molecule has 2 fully saturated rings. The van der Waals surface area contributed by atoms with Crippen LogP contribution in [0.3, 0.4) is 0 Å². The van der Waals surface area contributed by atoms with Gasteiger partial charge >= 0.3 is 0 Å². The fourth-order valence-electron chi connectivity index (χ4n) is 4.93. The van der Waals surface area contributed by atoms with E-state index in [-0.39, 0.29) is 24.6 Å². The van der Waals surface area contributed by atoms with Gasteiger partial charge in [0, 0.05) is 18.5 Å². The molecule has 7 heteroatoms. The van der Waals surface area contributed by atoms with Crippen LogP contribution in [-0.4, -0.2) is 51.9 Å². The van der Waals surface area contributed by atoms with Gasteiger partial charge in [0.2, 0.25) is 0 Å². The Bertz CT molecular complexity index is 953. The number of rotatable bonds is 4. The number of nitrogens with zero attached hydrogens (tertiary/aromatic N) is 2. The molecule has 1 saturated heterocycles. The largest absolute Gasteiger partial charge is 0.391 e. The Morgan fingerprint density at radius 3 is 2.80 bits per heavy atom. The Morgan fingerprint density at radius 2 is 2.10 bits per heavy atom. The highest BCUT2D eigenvalue weighted by molar-refractivity contribution is 6.35. The quantitative estimate of drug-likeness (QED) is 0.689. The molecule has 0 radical (unpaired) electrons. The number of aromatic nitrogens is 1. The first-order valence-corrected chi connectivity index (χ1v) is 11.2. The van der Waals surface area contributed by atoms with Gasteiger partial charge in [-0.2, -0.15) is 0 Å². The third-order valence-corrected chi connectivity index (χ3v) is 7.00. The molecule has 0 spiro atoms. The minimum absolute atomic E-state index is 0.00338. The molecule has 2 aromatic rings. The molecule has 1 aliphatic carbocycles. The van der Waals surface area contributed by atoms with E-state index in [1.54, 1.807) is 6.07 Å². The van der Waals surface area contributed by atoms with Crippen LogP contribution < -0.4 is 10.2 Å². The first-order chi connectivity index (χ1) is 14.3. The molecule has 1 aromatic heterocycles. The highest BCUT2D eigenvalue weighted by atomic mass is 35.5. The molecule has 1 aromatic carbocycles. The summed E-state index contributed by atoms with van der Waals surface area (Å²) in [6, 6.07) is 7.25. The van der Waals surface area contributed by atoms with Gasteiger partial charge in [-0.3, -0.25) is 4.79 Å². The maximum absolute atomic E-state index is 13.0. The molecule has 1 aliphatic heterocycles. The van der Waals surface area contributed by atoms with Crippen LogP contribution >= 0.6 is 11.6 Å². The predicted molar refractivity (Wildman–Crippen MR) is 119 cm³/mol. The maximum Gasteiger partial charge on any atom is 0.253 e. The maximum atomic E-state index is 13.0. The predicted octanol–water partition coefficient (Wildman–Crippen LogP) is 3.52. The molecule has 0 bridgehead atoms. The number of pyridine rings is 1. The molecule has 2 unspecified atom stereocenters. The second-order valence-corrected chi connectivity index (χ2v) is 9.46. The van der Waals surface area contributed by atoms with Crippen molar-refractivity contribution in [3.63, 3.8) is 0 Å². The summed E-state index contributed by atoms with van der Waals surface area (Å²) >= 11 is 6.39. The van der Waals surface area contributed by atoms with Crippen LogP contribution in [0.4, 0.5) is 5.82 Å². The van der Waals surface area contributed by atoms with Gasteiger partial charge in [0.25, 0.3) is 5.91 Å². The summed E-state index contributed by atoms with van der Waals surface area (Å²) in [5.74, 6) is 0.943. The van der Waals surface area contributed by atoms with Crippen molar-refractivity contribution in [1.82, 2.24) is 10.3 Å². The van der Waals surface area contributed by atoms with Crippen molar-refractivity contribution in [2.45, 2.75) is 63.7 Å². The lowest BCUT2D eigenvalue weighted by atomic mass is 9.79. The van der Waals surface area contributed by atoms with E-state index in [0.717, 1.165) is 31.6 Å². The van der Waals surface area contributed by atoms with Gasteiger partial charge in [-0.15, -0.1) is 0 Å². The summed E-state index contributed by atoms with van der Waals surface area (Å²) in [5.41, 5.74) is 0.207. The van der Waals surface area contributed by atoms with Crippen molar-refractivity contribution in [1.29, 1.82) is 0 Å². The summed E-state index contributed by atoms with van der Waals surface area (Å²) in [4.78, 5) is 19.8. The van der Waals surface area contributed by atoms with Gasteiger partial charge in [0.05, 0.1) is 33.8 Å². The highest BCUT2D eigenvalue weighted by Crippen LogP contribution is 2.33. The number of nitrogens with one attached hydrogen (secondary N) is 1. The van der Waals surface area contributed by atoms with E-state index in [4.69, 9.17) is 16.6 Å². The molecule has 30 heavy (non-hydrogen) atoms. The first-order valence-electron chi connectivity index (χ1n) is 10.8. The Balaban J connectivity index is 1.57. The molecule has 2 heterocycles. The van der Waals surface area contributed by atoms with Gasteiger partial charge < -0.3 is 20.4 Å². The average Bonchev–Trinajstić information content (AvgIpc) is 3.04. The summed E-state index contributed by atoms with van der Waals surface area (Å²) in [5, 5.41) is 24.8. The van der Waals surface area contributed by atoms with E-state index >= 15 is 0 Å². The summed E-state index contributed by atoms with van der Waals surface area (Å²) < 4.78 is 0. The number of hydrogen-bond acceptors (Lipinski definition) is 5. The van der Waals surface area contributed by atoms with Crippen LogP contribution in [-0.2, 0) is 0 Å². The van der Waals surface area contributed by atoms with Gasteiger partial charge in [-0.05, 0) is 56.4 Å². The molecule has 6 nitrogen and oxygen atoms in total. The third kappa shape index (κ3) is 4.13. The van der Waals surface area contributed by atoms with Crippen LogP contribution in [0.25, 0.3) is 10.9 Å². The van der Waals surface area contributed by atoms with Crippen molar-refractivity contribution in [3.05, 3.63) is 34.9 Å². The minimum atomic E-state index is -0.859. The number of carbonyl (C=O) groups is 1. The number of fused-ring (bicyclic) bond motifs is 1. The number of carbonyl (C=O) groups excluding carboxylic acids is 1. The molecule has 162 valence electrons. The van der Waals surface area contributed by atoms with E-state index in [9.17, 15) is 15.0 Å². The highest BCUT2D eigenvalue weighted by Gasteiger charge is 2.33. The molecule has 1 amide bonds. The van der Waals surface area contributed by atoms with Gasteiger partial charge in [0.15, 0.2) is 0 Å². The molecular formula is C23H30ClN3O3. The Labute approximate surface area is 182 Å². The zero-order valence-electron chi connectivity index (χ0n) is 17.6. The molecule has 4 rings (SSSR count). The summed E-state index contributed by atoms with van der Waals surface area (Å²) in [6.45, 7) is 5.09. The molecule has 1 saturated carbocycles. The summed E-state index contributed by atoms with van der Waals surface area (Å²) in [7, 11) is 0. The van der Waals surface area contributed by atoms with Crippen molar-refractivity contribution < 1.29 is 15.0 Å². The van der Waals surface area contributed by atoms with Gasteiger partial charge in [-0.1, -0.05) is 31.4 Å². The normalized spacial score (nSPS) is 29.4. The first kappa shape index (κ1) is 21.3. The van der Waals surface area contributed by atoms with E-state index < -0.39 is 5.60 Å². The van der Waals surface area contributed by atoms with E-state index in [1.807, 2.05) is 25.1 Å². The van der Waals surface area contributed by atoms with Crippen molar-refractivity contribution in [2.24, 2.45) is 5.92 Å². The van der Waals surface area contributed by atoms with Crippen LogP contribution in [0, 0.1) is 5.92 Å². The van der Waals surface area contributed by atoms with Crippen molar-refractivity contribution in [2.75, 3.05) is 18.0 Å². The number of amides is 1. The van der Waals surface area contributed by atoms with Crippen molar-refractivity contribution in [3.8, 4) is 0 Å². The zero-order valence-corrected chi connectivity index (χ0v) is 18.3. The monoisotopic (exact) mass is 431 g/mol. The lowest BCUT2D eigenvalue weighted by Crippen LogP contribution is -2.45. The Kier molecular flexibility index (Phi) is 5.93.